The zero-order chi connectivity index (χ0) is 14.3. The molecule has 0 spiro atoms. The minimum Gasteiger partial charge on any atom is -0.493 e. The zero-order valence-electron chi connectivity index (χ0n) is 12.5. The third-order valence-electron chi connectivity index (χ3n) is 3.15. The molecule has 2 nitrogen and oxygen atoms in total. The SMILES string of the molecule is CCC(C)COc1cccc(Cl)c1CNCC(C)C. The van der Waals surface area contributed by atoms with Crippen LogP contribution in [0.2, 0.25) is 5.02 Å². The Morgan fingerprint density at radius 2 is 2.00 bits per heavy atom. The van der Waals surface area contributed by atoms with E-state index in [0.717, 1.165) is 42.5 Å². The molecule has 1 atom stereocenters. The number of rotatable bonds is 8. The molecular weight excluding hydrogens is 258 g/mol. The van der Waals surface area contributed by atoms with Gasteiger partial charge in [-0.05, 0) is 30.5 Å². The van der Waals surface area contributed by atoms with Gasteiger partial charge in [0.1, 0.15) is 5.75 Å². The monoisotopic (exact) mass is 283 g/mol. The lowest BCUT2D eigenvalue weighted by Gasteiger charge is -2.16. The molecule has 19 heavy (non-hydrogen) atoms. The summed E-state index contributed by atoms with van der Waals surface area (Å²) in [4.78, 5) is 0. The quantitative estimate of drug-likeness (QED) is 0.758. The number of benzene rings is 1. The van der Waals surface area contributed by atoms with E-state index in [2.05, 4.69) is 33.0 Å². The molecule has 0 heterocycles. The maximum atomic E-state index is 6.27. The fraction of sp³-hybridized carbons (Fsp3) is 0.625. The molecule has 1 aromatic rings. The average Bonchev–Trinajstić information content (AvgIpc) is 2.38. The molecule has 1 unspecified atom stereocenters. The number of halogens is 1. The fourth-order valence-corrected chi connectivity index (χ4v) is 1.91. The smallest absolute Gasteiger partial charge is 0.125 e. The van der Waals surface area contributed by atoms with Crippen molar-refractivity contribution in [2.45, 2.75) is 40.7 Å². The standard InChI is InChI=1S/C16H26ClNO/c1-5-13(4)11-19-16-8-6-7-15(17)14(16)10-18-9-12(2)3/h6-8,12-13,18H,5,9-11H2,1-4H3. The summed E-state index contributed by atoms with van der Waals surface area (Å²) < 4.78 is 5.90. The molecule has 1 rings (SSSR count). The topological polar surface area (TPSA) is 21.3 Å². The Bertz CT molecular complexity index is 379. The van der Waals surface area contributed by atoms with E-state index in [-0.39, 0.29) is 0 Å². The molecule has 0 saturated carbocycles. The highest BCUT2D eigenvalue weighted by atomic mass is 35.5. The highest BCUT2D eigenvalue weighted by molar-refractivity contribution is 6.31. The predicted molar refractivity (Wildman–Crippen MR) is 82.9 cm³/mol. The Hall–Kier alpha value is -0.730. The first-order valence-corrected chi connectivity index (χ1v) is 7.53. The van der Waals surface area contributed by atoms with E-state index in [1.165, 1.54) is 0 Å². The van der Waals surface area contributed by atoms with Crippen LogP contribution in [0.5, 0.6) is 5.75 Å². The molecule has 0 aliphatic heterocycles. The first-order valence-electron chi connectivity index (χ1n) is 7.15. The van der Waals surface area contributed by atoms with Crippen molar-refractivity contribution in [3.8, 4) is 5.75 Å². The molecule has 0 aliphatic rings. The van der Waals surface area contributed by atoms with Crippen molar-refractivity contribution in [3.05, 3.63) is 28.8 Å². The first-order chi connectivity index (χ1) is 9.04. The van der Waals surface area contributed by atoms with Gasteiger partial charge < -0.3 is 10.1 Å². The van der Waals surface area contributed by atoms with Crippen molar-refractivity contribution >= 4 is 11.6 Å². The van der Waals surface area contributed by atoms with Gasteiger partial charge in [-0.1, -0.05) is 51.8 Å². The maximum Gasteiger partial charge on any atom is 0.125 e. The Labute approximate surface area is 122 Å². The largest absolute Gasteiger partial charge is 0.493 e. The minimum absolute atomic E-state index is 0.565. The Kier molecular flexibility index (Phi) is 7.25. The molecule has 0 bridgehead atoms. The van der Waals surface area contributed by atoms with Crippen LogP contribution in [0, 0.1) is 11.8 Å². The van der Waals surface area contributed by atoms with Crippen LogP contribution in [-0.2, 0) is 6.54 Å². The summed E-state index contributed by atoms with van der Waals surface area (Å²) in [5, 5.41) is 4.20. The van der Waals surface area contributed by atoms with Gasteiger partial charge in [0.05, 0.1) is 6.61 Å². The maximum absolute atomic E-state index is 6.27. The van der Waals surface area contributed by atoms with Crippen molar-refractivity contribution in [2.24, 2.45) is 11.8 Å². The fourth-order valence-electron chi connectivity index (χ4n) is 1.68. The third kappa shape index (κ3) is 5.84. The summed E-state index contributed by atoms with van der Waals surface area (Å²) >= 11 is 6.27. The number of hydrogen-bond donors (Lipinski definition) is 1. The van der Waals surface area contributed by atoms with Crippen LogP contribution in [0.25, 0.3) is 0 Å². The summed E-state index contributed by atoms with van der Waals surface area (Å²) in [6, 6.07) is 5.87. The highest BCUT2D eigenvalue weighted by Crippen LogP contribution is 2.27. The molecule has 0 saturated heterocycles. The predicted octanol–water partition coefficient (Wildman–Crippen LogP) is 4.51. The lowest BCUT2D eigenvalue weighted by Crippen LogP contribution is -2.20. The average molecular weight is 284 g/mol. The van der Waals surface area contributed by atoms with E-state index in [9.17, 15) is 0 Å². The highest BCUT2D eigenvalue weighted by Gasteiger charge is 2.09. The third-order valence-corrected chi connectivity index (χ3v) is 3.50. The molecular formula is C16H26ClNO. The van der Waals surface area contributed by atoms with Gasteiger partial charge in [-0.3, -0.25) is 0 Å². The van der Waals surface area contributed by atoms with E-state index in [4.69, 9.17) is 16.3 Å². The van der Waals surface area contributed by atoms with Crippen LogP contribution < -0.4 is 10.1 Å². The normalized spacial score (nSPS) is 12.7. The molecule has 0 aliphatic carbocycles. The van der Waals surface area contributed by atoms with Gasteiger partial charge in [-0.2, -0.15) is 0 Å². The lowest BCUT2D eigenvalue weighted by molar-refractivity contribution is 0.254. The molecule has 108 valence electrons. The van der Waals surface area contributed by atoms with E-state index < -0.39 is 0 Å². The Morgan fingerprint density at radius 3 is 2.63 bits per heavy atom. The van der Waals surface area contributed by atoms with Gasteiger partial charge in [-0.15, -0.1) is 0 Å². The molecule has 0 radical (unpaired) electrons. The zero-order valence-corrected chi connectivity index (χ0v) is 13.3. The van der Waals surface area contributed by atoms with Gasteiger partial charge in [0.2, 0.25) is 0 Å². The molecule has 3 heteroatoms. The second-order valence-electron chi connectivity index (χ2n) is 5.57. The summed E-state index contributed by atoms with van der Waals surface area (Å²) in [6.45, 7) is 11.2. The number of hydrogen-bond acceptors (Lipinski definition) is 2. The molecule has 1 aromatic carbocycles. The molecule has 0 aromatic heterocycles. The molecule has 0 amide bonds. The Balaban J connectivity index is 2.66. The van der Waals surface area contributed by atoms with E-state index >= 15 is 0 Å². The summed E-state index contributed by atoms with van der Waals surface area (Å²) in [5.41, 5.74) is 1.06. The summed E-state index contributed by atoms with van der Waals surface area (Å²) in [6.07, 6.45) is 1.13. The molecule has 0 fully saturated rings. The summed E-state index contributed by atoms with van der Waals surface area (Å²) in [5.74, 6) is 2.10. The van der Waals surface area contributed by atoms with Gasteiger partial charge in [-0.25, -0.2) is 0 Å². The second-order valence-corrected chi connectivity index (χ2v) is 5.97. The van der Waals surface area contributed by atoms with Gasteiger partial charge in [0, 0.05) is 17.1 Å². The van der Waals surface area contributed by atoms with Crippen LogP contribution >= 0.6 is 11.6 Å². The minimum atomic E-state index is 0.565. The molecule has 1 N–H and O–H groups in total. The van der Waals surface area contributed by atoms with Crippen molar-refractivity contribution in [1.82, 2.24) is 5.32 Å². The lowest BCUT2D eigenvalue weighted by atomic mass is 10.1. The van der Waals surface area contributed by atoms with E-state index in [1.807, 2.05) is 18.2 Å². The van der Waals surface area contributed by atoms with Crippen molar-refractivity contribution < 1.29 is 4.74 Å². The first kappa shape index (κ1) is 16.3. The number of nitrogens with one attached hydrogen (secondary N) is 1. The van der Waals surface area contributed by atoms with Gasteiger partial charge >= 0.3 is 0 Å². The summed E-state index contributed by atoms with van der Waals surface area (Å²) in [7, 11) is 0. The van der Waals surface area contributed by atoms with Crippen molar-refractivity contribution in [1.29, 1.82) is 0 Å². The van der Waals surface area contributed by atoms with Crippen LogP contribution in [-0.4, -0.2) is 13.2 Å². The van der Waals surface area contributed by atoms with Gasteiger partial charge in [0.25, 0.3) is 0 Å². The van der Waals surface area contributed by atoms with Crippen molar-refractivity contribution in [2.75, 3.05) is 13.2 Å². The second kappa shape index (κ2) is 8.44. The van der Waals surface area contributed by atoms with E-state index in [0.29, 0.717) is 11.8 Å². The van der Waals surface area contributed by atoms with Crippen LogP contribution in [0.4, 0.5) is 0 Å². The van der Waals surface area contributed by atoms with Crippen molar-refractivity contribution in [3.63, 3.8) is 0 Å². The van der Waals surface area contributed by atoms with Crippen LogP contribution in [0.3, 0.4) is 0 Å². The number of ether oxygens (including phenoxy) is 1. The van der Waals surface area contributed by atoms with Crippen LogP contribution in [0.15, 0.2) is 18.2 Å². The van der Waals surface area contributed by atoms with Gasteiger partial charge in [0.15, 0.2) is 0 Å². The van der Waals surface area contributed by atoms with E-state index in [1.54, 1.807) is 0 Å². The Morgan fingerprint density at radius 1 is 1.26 bits per heavy atom. The van der Waals surface area contributed by atoms with Crippen LogP contribution in [0.1, 0.15) is 39.7 Å².